The average Bonchev–Trinajstić information content (AvgIpc) is 2.43. The number of pyridine rings is 1. The Labute approximate surface area is 110 Å². The molecule has 2 N–H and O–H groups in total. The van der Waals surface area contributed by atoms with E-state index in [0.717, 1.165) is 0 Å². The number of benzene rings is 1. The standard InChI is InChI=1S/C13H14N2O4/c1-17-10-5-7(14)4-8-12(10)11(18-2)6-9(15-8)13(16)19-3/h4-6H,14H2,1-3H3. The van der Waals surface area contributed by atoms with E-state index in [2.05, 4.69) is 9.72 Å². The molecule has 0 aliphatic carbocycles. The summed E-state index contributed by atoms with van der Waals surface area (Å²) in [6.45, 7) is 0. The third kappa shape index (κ3) is 2.24. The van der Waals surface area contributed by atoms with Gasteiger partial charge in [0, 0.05) is 17.8 Å². The van der Waals surface area contributed by atoms with Crippen molar-refractivity contribution in [3.63, 3.8) is 0 Å². The number of hydrogen-bond acceptors (Lipinski definition) is 6. The van der Waals surface area contributed by atoms with Crippen LogP contribution < -0.4 is 15.2 Å². The Hall–Kier alpha value is -2.50. The van der Waals surface area contributed by atoms with E-state index >= 15 is 0 Å². The summed E-state index contributed by atoms with van der Waals surface area (Å²) in [5.41, 5.74) is 6.92. The van der Waals surface area contributed by atoms with Gasteiger partial charge < -0.3 is 19.9 Å². The molecule has 0 spiro atoms. The van der Waals surface area contributed by atoms with Crippen LogP contribution in [0.25, 0.3) is 10.9 Å². The first-order valence-corrected chi connectivity index (χ1v) is 5.51. The molecule has 1 heterocycles. The number of anilines is 1. The lowest BCUT2D eigenvalue weighted by Crippen LogP contribution is -2.05. The maximum atomic E-state index is 11.6. The highest BCUT2D eigenvalue weighted by Gasteiger charge is 2.16. The van der Waals surface area contributed by atoms with Crippen molar-refractivity contribution in [2.75, 3.05) is 27.1 Å². The minimum atomic E-state index is -0.540. The van der Waals surface area contributed by atoms with Crippen LogP contribution >= 0.6 is 0 Å². The number of ether oxygens (including phenoxy) is 3. The molecule has 0 amide bonds. The number of hydrogen-bond donors (Lipinski definition) is 1. The average molecular weight is 262 g/mol. The molecule has 0 saturated heterocycles. The van der Waals surface area contributed by atoms with E-state index in [1.54, 1.807) is 12.1 Å². The number of esters is 1. The van der Waals surface area contributed by atoms with Crippen LogP contribution in [0.3, 0.4) is 0 Å². The van der Waals surface area contributed by atoms with Gasteiger partial charge in [-0.05, 0) is 6.07 Å². The summed E-state index contributed by atoms with van der Waals surface area (Å²) in [5.74, 6) is 0.472. The van der Waals surface area contributed by atoms with Crippen molar-refractivity contribution in [2.24, 2.45) is 0 Å². The summed E-state index contributed by atoms with van der Waals surface area (Å²) in [6.07, 6.45) is 0. The molecule has 2 aromatic rings. The van der Waals surface area contributed by atoms with Crippen LogP contribution in [0, 0.1) is 0 Å². The van der Waals surface area contributed by atoms with Crippen LogP contribution in [0.15, 0.2) is 18.2 Å². The van der Waals surface area contributed by atoms with Crippen LogP contribution in [-0.2, 0) is 4.74 Å². The molecule has 6 heteroatoms. The molecule has 0 unspecified atom stereocenters. The van der Waals surface area contributed by atoms with Crippen molar-refractivity contribution in [3.05, 3.63) is 23.9 Å². The Kier molecular flexibility index (Phi) is 3.41. The quantitative estimate of drug-likeness (QED) is 0.668. The summed E-state index contributed by atoms with van der Waals surface area (Å²) in [5, 5.41) is 0.659. The number of fused-ring (bicyclic) bond motifs is 1. The highest BCUT2D eigenvalue weighted by Crippen LogP contribution is 2.35. The van der Waals surface area contributed by atoms with E-state index in [1.165, 1.54) is 27.4 Å². The second kappa shape index (κ2) is 5.01. The molecule has 0 fully saturated rings. The van der Waals surface area contributed by atoms with Gasteiger partial charge in [0.05, 0.1) is 32.2 Å². The summed E-state index contributed by atoms with van der Waals surface area (Å²) in [6, 6.07) is 4.82. The van der Waals surface area contributed by atoms with Crippen molar-refractivity contribution < 1.29 is 19.0 Å². The number of methoxy groups -OCH3 is 3. The molecule has 0 radical (unpaired) electrons. The van der Waals surface area contributed by atoms with Crippen LogP contribution in [0.1, 0.15) is 10.5 Å². The fourth-order valence-electron chi connectivity index (χ4n) is 1.85. The van der Waals surface area contributed by atoms with E-state index in [0.29, 0.717) is 28.1 Å². The lowest BCUT2D eigenvalue weighted by Gasteiger charge is -2.11. The summed E-state index contributed by atoms with van der Waals surface area (Å²) in [4.78, 5) is 15.8. The molecule has 1 aromatic carbocycles. The number of carbonyl (C=O) groups is 1. The number of nitrogens with two attached hydrogens (primary N) is 1. The summed E-state index contributed by atoms with van der Waals surface area (Å²) >= 11 is 0. The SMILES string of the molecule is COC(=O)c1cc(OC)c2c(OC)cc(N)cc2n1. The second-order valence-corrected chi connectivity index (χ2v) is 3.82. The highest BCUT2D eigenvalue weighted by atomic mass is 16.5. The molecule has 19 heavy (non-hydrogen) atoms. The van der Waals surface area contributed by atoms with Gasteiger partial charge in [0.1, 0.15) is 11.5 Å². The lowest BCUT2D eigenvalue weighted by atomic mass is 10.1. The molecule has 0 aliphatic heterocycles. The largest absolute Gasteiger partial charge is 0.496 e. The molecule has 0 atom stereocenters. The van der Waals surface area contributed by atoms with E-state index in [9.17, 15) is 4.79 Å². The van der Waals surface area contributed by atoms with Gasteiger partial charge in [-0.1, -0.05) is 0 Å². The molecule has 2 rings (SSSR count). The van der Waals surface area contributed by atoms with Gasteiger partial charge in [0.2, 0.25) is 0 Å². The van der Waals surface area contributed by atoms with Gasteiger partial charge >= 0.3 is 5.97 Å². The second-order valence-electron chi connectivity index (χ2n) is 3.82. The first-order chi connectivity index (χ1) is 9.10. The number of rotatable bonds is 3. The Morgan fingerprint density at radius 2 is 1.74 bits per heavy atom. The zero-order valence-electron chi connectivity index (χ0n) is 10.9. The number of carbonyl (C=O) groups excluding carboxylic acids is 1. The molecule has 100 valence electrons. The van der Waals surface area contributed by atoms with Crippen LogP contribution in [0.4, 0.5) is 5.69 Å². The fourth-order valence-corrected chi connectivity index (χ4v) is 1.85. The molecule has 6 nitrogen and oxygen atoms in total. The van der Waals surface area contributed by atoms with Gasteiger partial charge in [-0.2, -0.15) is 0 Å². The molecule has 0 aliphatic rings. The third-order valence-corrected chi connectivity index (χ3v) is 2.69. The minimum absolute atomic E-state index is 0.152. The van der Waals surface area contributed by atoms with E-state index in [4.69, 9.17) is 15.2 Å². The lowest BCUT2D eigenvalue weighted by molar-refractivity contribution is 0.0594. The van der Waals surface area contributed by atoms with Crippen LogP contribution in [0.2, 0.25) is 0 Å². The number of nitrogen functional groups attached to an aromatic ring is 1. The van der Waals surface area contributed by atoms with E-state index in [1.807, 2.05) is 0 Å². The smallest absolute Gasteiger partial charge is 0.356 e. The number of nitrogens with zero attached hydrogens (tertiary/aromatic N) is 1. The molecule has 0 saturated carbocycles. The van der Waals surface area contributed by atoms with Gasteiger partial charge in [0.15, 0.2) is 5.69 Å². The maximum Gasteiger partial charge on any atom is 0.356 e. The molecular formula is C13H14N2O4. The maximum absolute atomic E-state index is 11.6. The molecule has 1 aromatic heterocycles. The van der Waals surface area contributed by atoms with Gasteiger partial charge in [-0.3, -0.25) is 0 Å². The molecule has 0 bridgehead atoms. The fraction of sp³-hybridized carbons (Fsp3) is 0.231. The zero-order chi connectivity index (χ0) is 14.0. The monoisotopic (exact) mass is 262 g/mol. The first kappa shape index (κ1) is 12.9. The minimum Gasteiger partial charge on any atom is -0.496 e. The topological polar surface area (TPSA) is 83.7 Å². The van der Waals surface area contributed by atoms with Crippen molar-refractivity contribution in [3.8, 4) is 11.5 Å². The summed E-state index contributed by atoms with van der Waals surface area (Å²) in [7, 11) is 4.33. The van der Waals surface area contributed by atoms with Crippen LogP contribution in [0.5, 0.6) is 11.5 Å². The molecular weight excluding hydrogens is 248 g/mol. The van der Waals surface area contributed by atoms with E-state index in [-0.39, 0.29) is 5.69 Å². The van der Waals surface area contributed by atoms with Crippen molar-refractivity contribution in [2.45, 2.75) is 0 Å². The Morgan fingerprint density at radius 1 is 1.11 bits per heavy atom. The van der Waals surface area contributed by atoms with Crippen molar-refractivity contribution in [1.29, 1.82) is 0 Å². The van der Waals surface area contributed by atoms with Gasteiger partial charge in [-0.15, -0.1) is 0 Å². The third-order valence-electron chi connectivity index (χ3n) is 2.69. The zero-order valence-corrected chi connectivity index (χ0v) is 10.9. The first-order valence-electron chi connectivity index (χ1n) is 5.51. The van der Waals surface area contributed by atoms with Crippen molar-refractivity contribution in [1.82, 2.24) is 4.98 Å². The Balaban J connectivity index is 2.80. The highest BCUT2D eigenvalue weighted by molar-refractivity contribution is 5.98. The van der Waals surface area contributed by atoms with Crippen LogP contribution in [-0.4, -0.2) is 32.3 Å². The van der Waals surface area contributed by atoms with Gasteiger partial charge in [0.25, 0.3) is 0 Å². The predicted octanol–water partition coefficient (Wildman–Crippen LogP) is 1.62. The number of aromatic nitrogens is 1. The van der Waals surface area contributed by atoms with Crippen molar-refractivity contribution >= 4 is 22.6 Å². The Morgan fingerprint density at radius 3 is 2.32 bits per heavy atom. The normalized spacial score (nSPS) is 10.3. The van der Waals surface area contributed by atoms with E-state index < -0.39 is 5.97 Å². The predicted molar refractivity (Wildman–Crippen MR) is 70.6 cm³/mol. The van der Waals surface area contributed by atoms with Gasteiger partial charge in [-0.25, -0.2) is 9.78 Å². The Bertz CT molecular complexity index is 640. The summed E-state index contributed by atoms with van der Waals surface area (Å²) < 4.78 is 15.2.